The van der Waals surface area contributed by atoms with Gasteiger partial charge in [0.2, 0.25) is 0 Å². The molecule has 0 saturated heterocycles. The standard InChI is InChI=1S/C22H19F4N3O2/c1-12-18(20(30)27-17-8-3-2-7-16(17)23)19(28-21(31)29(12)15-9-10-15)13-5-4-6-14(11-13)22(24,25)26/h2-8,11,15,19H,9-10H2,1H3,(H,27,30)(H,28,31). The zero-order chi connectivity index (χ0) is 22.3. The first-order valence-electron chi connectivity index (χ1n) is 9.70. The number of anilines is 1. The Labute approximate surface area is 175 Å². The van der Waals surface area contributed by atoms with Crippen molar-refractivity contribution in [3.05, 3.63) is 76.7 Å². The zero-order valence-corrected chi connectivity index (χ0v) is 16.5. The lowest BCUT2D eigenvalue weighted by atomic mass is 9.92. The first-order valence-corrected chi connectivity index (χ1v) is 9.70. The fourth-order valence-corrected chi connectivity index (χ4v) is 3.72. The smallest absolute Gasteiger partial charge is 0.326 e. The van der Waals surface area contributed by atoms with E-state index in [9.17, 15) is 27.2 Å². The van der Waals surface area contributed by atoms with Gasteiger partial charge in [0.1, 0.15) is 5.82 Å². The van der Waals surface area contributed by atoms with E-state index in [0.29, 0.717) is 5.70 Å². The second-order valence-electron chi connectivity index (χ2n) is 7.54. The fraction of sp³-hybridized carbons (Fsp3) is 0.273. The summed E-state index contributed by atoms with van der Waals surface area (Å²) in [6.45, 7) is 1.58. The Morgan fingerprint density at radius 1 is 1.13 bits per heavy atom. The van der Waals surface area contributed by atoms with Gasteiger partial charge in [-0.25, -0.2) is 9.18 Å². The number of rotatable bonds is 4. The van der Waals surface area contributed by atoms with Crippen molar-refractivity contribution in [2.45, 2.75) is 38.0 Å². The SMILES string of the molecule is CC1=C(C(=O)Nc2ccccc2F)C(c2cccc(C(F)(F)F)c2)NC(=O)N1C1CC1. The van der Waals surface area contributed by atoms with Crippen LogP contribution in [0.4, 0.5) is 28.0 Å². The van der Waals surface area contributed by atoms with Crippen LogP contribution in [0.3, 0.4) is 0 Å². The molecule has 1 heterocycles. The van der Waals surface area contributed by atoms with Crippen LogP contribution in [0, 0.1) is 5.82 Å². The molecule has 162 valence electrons. The number of benzene rings is 2. The highest BCUT2D eigenvalue weighted by Crippen LogP contribution is 2.39. The van der Waals surface area contributed by atoms with E-state index in [1.807, 2.05) is 0 Å². The Kier molecular flexibility index (Phi) is 5.20. The van der Waals surface area contributed by atoms with Crippen molar-refractivity contribution in [1.29, 1.82) is 0 Å². The second kappa shape index (κ2) is 7.72. The molecule has 1 atom stereocenters. The summed E-state index contributed by atoms with van der Waals surface area (Å²) >= 11 is 0. The van der Waals surface area contributed by atoms with Crippen molar-refractivity contribution in [2.75, 3.05) is 5.32 Å². The molecule has 5 nitrogen and oxygen atoms in total. The number of allylic oxidation sites excluding steroid dienone is 1. The molecule has 1 aliphatic carbocycles. The van der Waals surface area contributed by atoms with Crippen molar-refractivity contribution in [3.63, 3.8) is 0 Å². The number of carbonyl (C=O) groups excluding carboxylic acids is 2. The zero-order valence-electron chi connectivity index (χ0n) is 16.5. The van der Waals surface area contributed by atoms with Gasteiger partial charge in [-0.1, -0.05) is 24.3 Å². The third kappa shape index (κ3) is 4.12. The molecule has 2 aromatic rings. The number of nitrogens with one attached hydrogen (secondary N) is 2. The summed E-state index contributed by atoms with van der Waals surface area (Å²) in [6, 6.07) is 8.36. The van der Waals surface area contributed by atoms with Crippen LogP contribution < -0.4 is 10.6 Å². The number of halogens is 4. The maximum Gasteiger partial charge on any atom is 0.416 e. The third-order valence-electron chi connectivity index (χ3n) is 5.35. The lowest BCUT2D eigenvalue weighted by Crippen LogP contribution is -2.49. The van der Waals surface area contributed by atoms with Gasteiger partial charge in [0.25, 0.3) is 5.91 Å². The predicted molar refractivity (Wildman–Crippen MR) is 105 cm³/mol. The van der Waals surface area contributed by atoms with Crippen LogP contribution in [0.2, 0.25) is 0 Å². The minimum absolute atomic E-state index is 0.0640. The third-order valence-corrected chi connectivity index (χ3v) is 5.35. The highest BCUT2D eigenvalue weighted by Gasteiger charge is 2.42. The van der Waals surface area contributed by atoms with E-state index in [4.69, 9.17) is 0 Å². The molecule has 3 amide bonds. The molecular formula is C22H19F4N3O2. The number of alkyl halides is 3. The summed E-state index contributed by atoms with van der Waals surface area (Å²) < 4.78 is 53.7. The van der Waals surface area contributed by atoms with E-state index < -0.39 is 35.5 Å². The molecule has 4 rings (SSSR count). The summed E-state index contributed by atoms with van der Waals surface area (Å²) in [6.07, 6.45) is -3.05. The number of urea groups is 1. The van der Waals surface area contributed by atoms with Gasteiger partial charge in [-0.15, -0.1) is 0 Å². The van der Waals surface area contributed by atoms with Crippen LogP contribution in [0.15, 0.2) is 59.8 Å². The van der Waals surface area contributed by atoms with Crippen molar-refractivity contribution < 1.29 is 27.2 Å². The summed E-state index contributed by atoms with van der Waals surface area (Å²) in [5.74, 6) is -1.35. The molecule has 9 heteroatoms. The van der Waals surface area contributed by atoms with Crippen LogP contribution in [-0.4, -0.2) is 22.9 Å². The summed E-state index contributed by atoms with van der Waals surface area (Å²) in [4.78, 5) is 27.3. The number of amides is 3. The van der Waals surface area contributed by atoms with Gasteiger partial charge in [-0.3, -0.25) is 9.69 Å². The van der Waals surface area contributed by atoms with E-state index in [2.05, 4.69) is 10.6 Å². The number of carbonyl (C=O) groups is 2. The van der Waals surface area contributed by atoms with Crippen LogP contribution in [0.1, 0.15) is 36.9 Å². The van der Waals surface area contributed by atoms with E-state index in [1.165, 1.54) is 35.2 Å². The van der Waals surface area contributed by atoms with Crippen molar-refractivity contribution in [3.8, 4) is 0 Å². The molecule has 1 unspecified atom stereocenters. The molecule has 31 heavy (non-hydrogen) atoms. The first-order chi connectivity index (χ1) is 14.7. The number of hydrogen-bond donors (Lipinski definition) is 2. The molecule has 2 N–H and O–H groups in total. The Balaban J connectivity index is 1.77. The Morgan fingerprint density at radius 2 is 1.84 bits per heavy atom. The van der Waals surface area contributed by atoms with E-state index in [1.54, 1.807) is 13.0 Å². The van der Waals surface area contributed by atoms with Gasteiger partial charge in [0, 0.05) is 11.7 Å². The number of nitrogens with zero attached hydrogens (tertiary/aromatic N) is 1. The monoisotopic (exact) mass is 433 g/mol. The molecule has 0 bridgehead atoms. The molecule has 1 saturated carbocycles. The molecule has 2 aliphatic rings. The van der Waals surface area contributed by atoms with E-state index in [-0.39, 0.29) is 22.9 Å². The van der Waals surface area contributed by atoms with Gasteiger partial charge < -0.3 is 10.6 Å². The van der Waals surface area contributed by atoms with Gasteiger partial charge in [-0.05, 0) is 49.6 Å². The van der Waals surface area contributed by atoms with E-state index in [0.717, 1.165) is 25.0 Å². The van der Waals surface area contributed by atoms with Gasteiger partial charge >= 0.3 is 12.2 Å². The van der Waals surface area contributed by atoms with Gasteiger partial charge in [0.05, 0.1) is 22.9 Å². The maximum atomic E-state index is 14.1. The molecular weight excluding hydrogens is 414 g/mol. The molecule has 0 radical (unpaired) electrons. The molecule has 1 fully saturated rings. The minimum atomic E-state index is -4.58. The van der Waals surface area contributed by atoms with Crippen molar-refractivity contribution in [1.82, 2.24) is 10.2 Å². The molecule has 0 aromatic heterocycles. The first kappa shape index (κ1) is 20.9. The Bertz CT molecular complexity index is 1080. The predicted octanol–water partition coefficient (Wildman–Crippen LogP) is 4.99. The molecule has 2 aromatic carbocycles. The molecule has 1 aliphatic heterocycles. The highest BCUT2D eigenvalue weighted by atomic mass is 19.4. The summed E-state index contributed by atoms with van der Waals surface area (Å²) in [7, 11) is 0. The van der Waals surface area contributed by atoms with Crippen LogP contribution >= 0.6 is 0 Å². The summed E-state index contributed by atoms with van der Waals surface area (Å²) in [5, 5.41) is 5.13. The van der Waals surface area contributed by atoms with Crippen molar-refractivity contribution >= 4 is 17.6 Å². The van der Waals surface area contributed by atoms with Crippen LogP contribution in [0.5, 0.6) is 0 Å². The minimum Gasteiger partial charge on any atom is -0.326 e. The van der Waals surface area contributed by atoms with Gasteiger partial charge in [0.15, 0.2) is 0 Å². The lowest BCUT2D eigenvalue weighted by Gasteiger charge is -2.36. The van der Waals surface area contributed by atoms with E-state index >= 15 is 0 Å². The Hall–Kier alpha value is -3.36. The Morgan fingerprint density at radius 3 is 2.48 bits per heavy atom. The molecule has 0 spiro atoms. The average Bonchev–Trinajstić information content (AvgIpc) is 3.53. The quantitative estimate of drug-likeness (QED) is 0.668. The van der Waals surface area contributed by atoms with Crippen LogP contribution in [0.25, 0.3) is 0 Å². The lowest BCUT2D eigenvalue weighted by molar-refractivity contribution is -0.137. The number of hydrogen-bond acceptors (Lipinski definition) is 2. The normalized spacial score (nSPS) is 19.3. The largest absolute Gasteiger partial charge is 0.416 e. The maximum absolute atomic E-state index is 14.1. The van der Waals surface area contributed by atoms with Gasteiger partial charge in [-0.2, -0.15) is 13.2 Å². The second-order valence-corrected chi connectivity index (χ2v) is 7.54. The van der Waals surface area contributed by atoms with Crippen LogP contribution in [-0.2, 0) is 11.0 Å². The van der Waals surface area contributed by atoms with Crippen molar-refractivity contribution in [2.24, 2.45) is 0 Å². The summed E-state index contributed by atoms with van der Waals surface area (Å²) in [5.41, 5.74) is -0.450. The topological polar surface area (TPSA) is 61.4 Å². The fourth-order valence-electron chi connectivity index (χ4n) is 3.72. The highest BCUT2D eigenvalue weighted by molar-refractivity contribution is 6.06. The average molecular weight is 433 g/mol. The number of para-hydroxylation sites is 1.